The van der Waals surface area contributed by atoms with Crippen molar-refractivity contribution in [1.82, 2.24) is 5.32 Å². The fourth-order valence-corrected chi connectivity index (χ4v) is 2.90. The van der Waals surface area contributed by atoms with Gasteiger partial charge in [-0.25, -0.2) is 0 Å². The van der Waals surface area contributed by atoms with Crippen molar-refractivity contribution in [2.75, 3.05) is 12.4 Å². The molecule has 2 aromatic rings. The Kier molecular flexibility index (Phi) is 5.21. The van der Waals surface area contributed by atoms with Crippen molar-refractivity contribution < 1.29 is 9.53 Å². The molecule has 2 N–H and O–H groups in total. The van der Waals surface area contributed by atoms with Crippen molar-refractivity contribution in [3.8, 4) is 5.75 Å². The third-order valence-corrected chi connectivity index (χ3v) is 4.68. The van der Waals surface area contributed by atoms with Crippen LogP contribution in [0, 0.1) is 0 Å². The van der Waals surface area contributed by atoms with E-state index in [0.717, 1.165) is 29.8 Å². The van der Waals surface area contributed by atoms with E-state index in [-0.39, 0.29) is 11.3 Å². The quantitative estimate of drug-likeness (QED) is 0.809. The molecule has 1 atom stereocenters. The molecule has 3 rings (SSSR count). The monoisotopic (exact) mass is 352 g/mol. The van der Waals surface area contributed by atoms with Crippen LogP contribution >= 0.6 is 0 Å². The summed E-state index contributed by atoms with van der Waals surface area (Å²) in [6.45, 7) is 6.52. The summed E-state index contributed by atoms with van der Waals surface area (Å²) in [5, 5.41) is 6.54. The minimum Gasteiger partial charge on any atom is -0.495 e. The van der Waals surface area contributed by atoms with Crippen molar-refractivity contribution in [2.45, 2.75) is 51.1 Å². The highest BCUT2D eigenvalue weighted by Gasteiger charge is 2.29. The molecule has 0 heterocycles. The number of anilines is 1. The maximum absolute atomic E-state index is 12.9. The Bertz CT molecular complexity index is 761. The number of hydrogen-bond acceptors (Lipinski definition) is 3. The Labute approximate surface area is 156 Å². The third kappa shape index (κ3) is 4.37. The number of benzene rings is 2. The Morgan fingerprint density at radius 1 is 1.12 bits per heavy atom. The molecule has 138 valence electrons. The van der Waals surface area contributed by atoms with Gasteiger partial charge in [0, 0.05) is 6.04 Å². The first-order valence-corrected chi connectivity index (χ1v) is 9.19. The van der Waals surface area contributed by atoms with Gasteiger partial charge in [-0.2, -0.15) is 0 Å². The van der Waals surface area contributed by atoms with Gasteiger partial charge in [-0.1, -0.05) is 57.2 Å². The number of nitrogens with one attached hydrogen (secondary N) is 2. The number of methoxy groups -OCH3 is 1. The summed E-state index contributed by atoms with van der Waals surface area (Å²) in [6.07, 6.45) is 2.13. The fourth-order valence-electron chi connectivity index (χ4n) is 2.90. The van der Waals surface area contributed by atoms with Gasteiger partial charge in [-0.05, 0) is 41.5 Å². The highest BCUT2D eigenvalue weighted by Crippen LogP contribution is 2.34. The van der Waals surface area contributed by atoms with Crippen LogP contribution in [-0.2, 0) is 10.2 Å². The van der Waals surface area contributed by atoms with Crippen LogP contribution in [0.25, 0.3) is 0 Å². The molecule has 1 amide bonds. The molecule has 0 saturated heterocycles. The van der Waals surface area contributed by atoms with Gasteiger partial charge in [0.15, 0.2) is 0 Å². The van der Waals surface area contributed by atoms with Crippen molar-refractivity contribution in [2.24, 2.45) is 0 Å². The number of carbonyl (C=O) groups is 1. The van der Waals surface area contributed by atoms with Crippen LogP contribution in [0.4, 0.5) is 5.69 Å². The second-order valence-corrected chi connectivity index (χ2v) is 7.94. The summed E-state index contributed by atoms with van der Waals surface area (Å²) in [4.78, 5) is 12.9. The highest BCUT2D eigenvalue weighted by molar-refractivity contribution is 5.87. The summed E-state index contributed by atoms with van der Waals surface area (Å²) < 4.78 is 5.53. The van der Waals surface area contributed by atoms with E-state index in [1.54, 1.807) is 7.11 Å². The summed E-state index contributed by atoms with van der Waals surface area (Å²) in [7, 11) is 1.65. The molecule has 1 saturated carbocycles. The Morgan fingerprint density at radius 2 is 1.81 bits per heavy atom. The van der Waals surface area contributed by atoms with Gasteiger partial charge in [0.2, 0.25) is 5.91 Å². The minimum atomic E-state index is -0.457. The van der Waals surface area contributed by atoms with E-state index in [4.69, 9.17) is 4.74 Å². The molecule has 0 aromatic heterocycles. The summed E-state index contributed by atoms with van der Waals surface area (Å²) in [5.74, 6) is 0.736. The maximum atomic E-state index is 12.9. The van der Waals surface area contributed by atoms with Crippen LogP contribution < -0.4 is 15.4 Å². The van der Waals surface area contributed by atoms with Crippen molar-refractivity contribution in [3.63, 3.8) is 0 Å². The molecule has 0 radical (unpaired) electrons. The standard InChI is InChI=1S/C22H28N2O2/c1-22(2,3)16-10-13-19(26-4)18(14-16)24-20(15-8-6-5-7-9-15)21(25)23-17-11-12-17/h5-10,13-14,17,20,24H,11-12H2,1-4H3,(H,23,25)/t20-/m0/s1. The minimum absolute atomic E-state index is 0.00177. The zero-order valence-electron chi connectivity index (χ0n) is 16.0. The smallest absolute Gasteiger partial charge is 0.247 e. The van der Waals surface area contributed by atoms with Crippen LogP contribution in [0.3, 0.4) is 0 Å². The molecule has 0 spiro atoms. The summed E-state index contributed by atoms with van der Waals surface area (Å²) in [6, 6.07) is 15.8. The molecule has 1 aliphatic rings. The molecule has 1 fully saturated rings. The van der Waals surface area contributed by atoms with Crippen LogP contribution in [0.5, 0.6) is 5.75 Å². The number of amides is 1. The molecule has 2 aromatic carbocycles. The molecule has 26 heavy (non-hydrogen) atoms. The lowest BCUT2D eigenvalue weighted by atomic mass is 9.86. The molecule has 0 aliphatic heterocycles. The lowest BCUT2D eigenvalue weighted by Gasteiger charge is -2.24. The van der Waals surface area contributed by atoms with E-state index in [0.29, 0.717) is 6.04 Å². The van der Waals surface area contributed by atoms with Crippen LogP contribution in [0.1, 0.15) is 50.8 Å². The van der Waals surface area contributed by atoms with Gasteiger partial charge in [0.25, 0.3) is 0 Å². The highest BCUT2D eigenvalue weighted by atomic mass is 16.5. The predicted octanol–water partition coefficient (Wildman–Crippen LogP) is 4.42. The van der Waals surface area contributed by atoms with E-state index in [1.165, 1.54) is 5.56 Å². The largest absolute Gasteiger partial charge is 0.495 e. The second kappa shape index (κ2) is 7.40. The van der Waals surface area contributed by atoms with E-state index in [2.05, 4.69) is 43.5 Å². The van der Waals surface area contributed by atoms with E-state index >= 15 is 0 Å². The molecule has 4 heteroatoms. The second-order valence-electron chi connectivity index (χ2n) is 7.94. The summed E-state index contributed by atoms with van der Waals surface area (Å²) >= 11 is 0. The number of carbonyl (C=O) groups excluding carboxylic acids is 1. The number of rotatable bonds is 6. The molecule has 0 bridgehead atoms. The van der Waals surface area contributed by atoms with Gasteiger partial charge in [-0.3, -0.25) is 4.79 Å². The van der Waals surface area contributed by atoms with Crippen molar-refractivity contribution in [3.05, 3.63) is 59.7 Å². The van der Waals surface area contributed by atoms with Gasteiger partial charge < -0.3 is 15.4 Å². The van der Waals surface area contributed by atoms with Gasteiger partial charge in [0.05, 0.1) is 12.8 Å². The predicted molar refractivity (Wildman–Crippen MR) is 106 cm³/mol. The number of hydrogen-bond donors (Lipinski definition) is 2. The zero-order valence-corrected chi connectivity index (χ0v) is 16.0. The molecule has 4 nitrogen and oxygen atoms in total. The van der Waals surface area contributed by atoms with Crippen molar-refractivity contribution in [1.29, 1.82) is 0 Å². The van der Waals surface area contributed by atoms with E-state index in [1.807, 2.05) is 36.4 Å². The Balaban J connectivity index is 1.94. The first kappa shape index (κ1) is 18.3. The van der Waals surface area contributed by atoms with E-state index in [9.17, 15) is 4.79 Å². The lowest BCUT2D eigenvalue weighted by Crippen LogP contribution is -2.35. The van der Waals surface area contributed by atoms with Gasteiger partial charge >= 0.3 is 0 Å². The SMILES string of the molecule is COc1ccc(C(C)(C)C)cc1N[C@H](C(=O)NC1CC1)c1ccccc1. The van der Waals surface area contributed by atoms with Crippen LogP contribution in [0.15, 0.2) is 48.5 Å². The molecule has 0 unspecified atom stereocenters. The summed E-state index contributed by atoms with van der Waals surface area (Å²) in [5.41, 5.74) is 2.98. The average Bonchev–Trinajstić information content (AvgIpc) is 3.43. The molecular weight excluding hydrogens is 324 g/mol. The normalized spacial score (nSPS) is 15.2. The zero-order chi connectivity index (χ0) is 18.7. The van der Waals surface area contributed by atoms with E-state index < -0.39 is 6.04 Å². The average molecular weight is 352 g/mol. The Morgan fingerprint density at radius 3 is 2.38 bits per heavy atom. The molecular formula is C22H28N2O2. The first-order valence-electron chi connectivity index (χ1n) is 9.19. The number of ether oxygens (including phenoxy) is 1. The topological polar surface area (TPSA) is 50.4 Å². The third-order valence-electron chi connectivity index (χ3n) is 4.68. The van der Waals surface area contributed by atoms with Crippen molar-refractivity contribution >= 4 is 11.6 Å². The maximum Gasteiger partial charge on any atom is 0.247 e. The van der Waals surface area contributed by atoms with Gasteiger partial charge in [-0.15, -0.1) is 0 Å². The fraction of sp³-hybridized carbons (Fsp3) is 0.409. The first-order chi connectivity index (χ1) is 12.4. The van der Waals surface area contributed by atoms with Crippen LogP contribution in [-0.4, -0.2) is 19.1 Å². The Hall–Kier alpha value is -2.49. The molecule has 1 aliphatic carbocycles. The van der Waals surface area contributed by atoms with Crippen LogP contribution in [0.2, 0.25) is 0 Å². The van der Waals surface area contributed by atoms with Gasteiger partial charge in [0.1, 0.15) is 11.8 Å². The lowest BCUT2D eigenvalue weighted by molar-refractivity contribution is -0.122.